The van der Waals surface area contributed by atoms with E-state index < -0.39 is 56.2 Å². The van der Waals surface area contributed by atoms with Crippen molar-refractivity contribution in [3.63, 3.8) is 0 Å². The first-order chi connectivity index (χ1) is 19.6. The lowest BCUT2D eigenvalue weighted by Crippen LogP contribution is -2.43. The largest absolute Gasteiger partial charge is 0.481 e. The van der Waals surface area contributed by atoms with Gasteiger partial charge in [0.25, 0.3) is 5.91 Å². The summed E-state index contributed by atoms with van der Waals surface area (Å²) in [5.74, 6) is -1.61. The molecular weight excluding hydrogens is 604 g/mol. The summed E-state index contributed by atoms with van der Waals surface area (Å²) in [6, 6.07) is -0.467. The maximum Gasteiger partial charge on any atom is 0.417 e. The number of carbonyl (C=O) groups is 2. The Labute approximate surface area is 245 Å². The van der Waals surface area contributed by atoms with Crippen LogP contribution in [0.3, 0.4) is 0 Å². The summed E-state index contributed by atoms with van der Waals surface area (Å²) in [7, 11) is -5.24. The molecule has 1 unspecified atom stereocenters. The summed E-state index contributed by atoms with van der Waals surface area (Å²) in [5.41, 5.74) is -2.04. The van der Waals surface area contributed by atoms with Gasteiger partial charge in [-0.1, -0.05) is 32.1 Å². The molecular formula is C28H35F6N3O5S. The number of halogens is 6. The number of hydrogen-bond donors (Lipinski definition) is 3. The van der Waals surface area contributed by atoms with Gasteiger partial charge in [0.1, 0.15) is 6.04 Å². The molecule has 1 aromatic carbocycles. The van der Waals surface area contributed by atoms with Gasteiger partial charge < -0.3 is 15.0 Å². The second kappa shape index (κ2) is 12.5. The van der Waals surface area contributed by atoms with Gasteiger partial charge in [-0.25, -0.2) is 8.42 Å². The van der Waals surface area contributed by atoms with E-state index in [4.69, 9.17) is 0 Å². The van der Waals surface area contributed by atoms with E-state index in [2.05, 4.69) is 5.32 Å². The zero-order valence-electron chi connectivity index (χ0n) is 24.1. The number of nitrogens with zero attached hydrogens (tertiary/aromatic N) is 1. The number of nitrogens with one attached hydrogen (secondary N) is 2. The van der Waals surface area contributed by atoms with Crippen molar-refractivity contribution < 1.29 is 49.5 Å². The molecule has 1 saturated carbocycles. The van der Waals surface area contributed by atoms with Crippen molar-refractivity contribution in [1.82, 2.24) is 14.6 Å². The molecule has 1 amide bonds. The van der Waals surface area contributed by atoms with Crippen LogP contribution in [-0.2, 0) is 27.4 Å². The number of benzene rings is 1. The molecule has 43 heavy (non-hydrogen) atoms. The first-order valence-corrected chi connectivity index (χ1v) is 15.2. The van der Waals surface area contributed by atoms with E-state index >= 15 is 0 Å². The Morgan fingerprint density at radius 1 is 1.07 bits per heavy atom. The lowest BCUT2D eigenvalue weighted by molar-refractivity contribution is -0.147. The van der Waals surface area contributed by atoms with Crippen LogP contribution in [0, 0.1) is 18.3 Å². The molecule has 2 aromatic rings. The number of alkyl halides is 6. The van der Waals surface area contributed by atoms with Gasteiger partial charge in [-0.15, -0.1) is 0 Å². The van der Waals surface area contributed by atoms with E-state index in [1.54, 1.807) is 6.92 Å². The third-order valence-corrected chi connectivity index (χ3v) is 9.37. The zero-order valence-corrected chi connectivity index (χ0v) is 24.9. The maximum absolute atomic E-state index is 14.2. The number of aromatic nitrogens is 1. The van der Waals surface area contributed by atoms with Crippen molar-refractivity contribution >= 4 is 21.9 Å². The molecule has 1 aliphatic carbocycles. The van der Waals surface area contributed by atoms with E-state index in [0.29, 0.717) is 36.7 Å². The van der Waals surface area contributed by atoms with E-state index in [1.807, 2.05) is 0 Å². The minimum atomic E-state index is -5.25. The summed E-state index contributed by atoms with van der Waals surface area (Å²) in [6.07, 6.45) is -3.84. The van der Waals surface area contributed by atoms with Gasteiger partial charge in [-0.3, -0.25) is 9.59 Å². The molecule has 1 heterocycles. The van der Waals surface area contributed by atoms with Crippen LogP contribution in [-0.4, -0.2) is 48.7 Å². The van der Waals surface area contributed by atoms with Crippen LogP contribution in [0.15, 0.2) is 29.3 Å². The minimum Gasteiger partial charge on any atom is -0.481 e. The molecule has 0 aliphatic heterocycles. The van der Waals surface area contributed by atoms with E-state index in [0.717, 1.165) is 38.2 Å². The summed E-state index contributed by atoms with van der Waals surface area (Å²) in [6.45, 7) is 4.71. The highest BCUT2D eigenvalue weighted by Crippen LogP contribution is 2.38. The molecule has 0 spiro atoms. The van der Waals surface area contributed by atoms with Gasteiger partial charge in [0.2, 0.25) is 10.0 Å². The first kappa shape index (κ1) is 34.4. The Balaban J connectivity index is 2.12. The number of aliphatic carboxylic acids is 1. The third-order valence-electron chi connectivity index (χ3n) is 7.77. The van der Waals surface area contributed by atoms with Gasteiger partial charge in [0, 0.05) is 24.1 Å². The Kier molecular flexibility index (Phi) is 10.0. The molecule has 1 aromatic heterocycles. The fourth-order valence-corrected chi connectivity index (χ4v) is 6.41. The highest BCUT2D eigenvalue weighted by molar-refractivity contribution is 7.89. The highest BCUT2D eigenvalue weighted by Gasteiger charge is 2.42. The molecule has 0 radical (unpaired) electrons. The number of carboxylic acid groups (broad SMARTS) is 1. The second-order valence-electron chi connectivity index (χ2n) is 11.6. The lowest BCUT2D eigenvalue weighted by atomic mass is 9.85. The zero-order chi connectivity index (χ0) is 32.5. The number of rotatable bonds is 10. The monoisotopic (exact) mass is 639 g/mol. The van der Waals surface area contributed by atoms with E-state index in [9.17, 15) is 49.5 Å². The Hall–Kier alpha value is -3.07. The van der Waals surface area contributed by atoms with Gasteiger partial charge in [0.05, 0.1) is 21.4 Å². The molecule has 1 fully saturated rings. The number of amides is 1. The standard InChI is InChI=1S/C28H35F6N3O5S/c1-16-20(24(38)35-15-26(3,4)25(39)40)14-37(22(16)12-18-8-6-5-7-9-18)19-10-11-23(21(13-19)28(32,33)34)43(41,42)36-17(2)27(29,30)31/h10-11,13-14,17-18,36H,5-9,12,15H2,1-4H3,(H,35,38)(H,39,40). The summed E-state index contributed by atoms with van der Waals surface area (Å²) < 4.78 is 109. The van der Waals surface area contributed by atoms with Crippen LogP contribution < -0.4 is 10.0 Å². The summed E-state index contributed by atoms with van der Waals surface area (Å²) in [5, 5.41) is 11.9. The summed E-state index contributed by atoms with van der Waals surface area (Å²) >= 11 is 0. The quantitative estimate of drug-likeness (QED) is 0.276. The van der Waals surface area contributed by atoms with Crippen molar-refractivity contribution in [2.45, 2.75) is 89.5 Å². The second-order valence-corrected chi connectivity index (χ2v) is 13.3. The van der Waals surface area contributed by atoms with E-state index in [-0.39, 0.29) is 23.7 Å². The summed E-state index contributed by atoms with van der Waals surface area (Å²) in [4.78, 5) is 23.2. The van der Waals surface area contributed by atoms with Crippen LogP contribution in [0.4, 0.5) is 26.3 Å². The predicted molar refractivity (Wildman–Crippen MR) is 145 cm³/mol. The lowest BCUT2D eigenvalue weighted by Gasteiger charge is -2.23. The maximum atomic E-state index is 14.2. The molecule has 8 nitrogen and oxygen atoms in total. The van der Waals surface area contributed by atoms with Crippen LogP contribution in [0.25, 0.3) is 5.69 Å². The molecule has 240 valence electrons. The average molecular weight is 640 g/mol. The Morgan fingerprint density at radius 2 is 1.67 bits per heavy atom. The van der Waals surface area contributed by atoms with Gasteiger partial charge in [0.15, 0.2) is 0 Å². The van der Waals surface area contributed by atoms with Gasteiger partial charge in [-0.2, -0.15) is 31.1 Å². The van der Waals surface area contributed by atoms with Crippen molar-refractivity contribution in [2.75, 3.05) is 6.54 Å². The normalized spacial score (nSPS) is 16.2. The Bertz CT molecular complexity index is 1460. The average Bonchev–Trinajstić information content (AvgIpc) is 3.22. The van der Waals surface area contributed by atoms with Crippen molar-refractivity contribution in [1.29, 1.82) is 0 Å². The van der Waals surface area contributed by atoms with Gasteiger partial charge >= 0.3 is 18.3 Å². The fourth-order valence-electron chi connectivity index (χ4n) is 4.97. The first-order valence-electron chi connectivity index (χ1n) is 13.7. The number of hydrogen-bond acceptors (Lipinski definition) is 4. The predicted octanol–water partition coefficient (Wildman–Crippen LogP) is 6.00. The van der Waals surface area contributed by atoms with Crippen LogP contribution in [0.5, 0.6) is 0 Å². The fraction of sp³-hybridized carbons (Fsp3) is 0.571. The van der Waals surface area contributed by atoms with Crippen molar-refractivity contribution in [2.24, 2.45) is 11.3 Å². The van der Waals surface area contributed by atoms with Crippen molar-refractivity contribution in [3.05, 3.63) is 46.8 Å². The van der Waals surface area contributed by atoms with E-state index in [1.165, 1.54) is 29.3 Å². The number of sulfonamides is 1. The third kappa shape index (κ3) is 8.11. The molecule has 15 heteroatoms. The van der Waals surface area contributed by atoms with Crippen LogP contribution in [0.1, 0.15) is 80.1 Å². The smallest absolute Gasteiger partial charge is 0.417 e. The molecule has 3 N–H and O–H groups in total. The van der Waals surface area contributed by atoms with Crippen LogP contribution >= 0.6 is 0 Å². The molecule has 1 atom stereocenters. The number of carboxylic acids is 1. The highest BCUT2D eigenvalue weighted by atomic mass is 32.2. The molecule has 3 rings (SSSR count). The number of carbonyl (C=O) groups excluding carboxylic acids is 1. The SMILES string of the molecule is Cc1c(C(=O)NCC(C)(C)C(=O)O)cn(-c2ccc(S(=O)(=O)NC(C)C(F)(F)F)c(C(F)(F)F)c2)c1CC1CCCCC1. The molecule has 1 aliphatic rings. The van der Waals surface area contributed by atoms with Crippen molar-refractivity contribution in [3.8, 4) is 5.69 Å². The minimum absolute atomic E-state index is 0.0953. The molecule has 0 bridgehead atoms. The topological polar surface area (TPSA) is 118 Å². The van der Waals surface area contributed by atoms with Gasteiger partial charge in [-0.05, 0) is 63.8 Å². The molecule has 0 saturated heterocycles. The van der Waals surface area contributed by atoms with Crippen LogP contribution in [0.2, 0.25) is 0 Å². The Morgan fingerprint density at radius 3 is 2.21 bits per heavy atom.